The maximum Gasteiger partial charge on any atom is 0.352 e. The van der Waals surface area contributed by atoms with E-state index in [1.807, 2.05) is 6.92 Å². The summed E-state index contributed by atoms with van der Waals surface area (Å²) in [5.41, 5.74) is 0.611. The number of allylic oxidation sites excluding steroid dienone is 1. The number of nitrogens with zero attached hydrogens (tertiary/aromatic N) is 2. The van der Waals surface area contributed by atoms with Crippen LogP contribution in [-0.2, 0) is 6.54 Å². The van der Waals surface area contributed by atoms with Crippen molar-refractivity contribution in [1.82, 2.24) is 4.57 Å². The predicted molar refractivity (Wildman–Crippen MR) is 57.5 cm³/mol. The van der Waals surface area contributed by atoms with Crippen LogP contribution in [0.4, 0.5) is 5.69 Å². The fourth-order valence-corrected chi connectivity index (χ4v) is 1.27. The molecule has 0 saturated heterocycles. The van der Waals surface area contributed by atoms with Crippen LogP contribution in [0.3, 0.4) is 0 Å². The number of hydrogen-bond donors (Lipinski definition) is 1. The molecule has 0 radical (unpaired) electrons. The quantitative estimate of drug-likeness (QED) is 0.471. The van der Waals surface area contributed by atoms with Crippen molar-refractivity contribution in [2.24, 2.45) is 0 Å². The summed E-state index contributed by atoms with van der Waals surface area (Å²) in [5, 5.41) is 19.4. The van der Waals surface area contributed by atoms with E-state index in [1.54, 1.807) is 0 Å². The molecule has 0 aromatic carbocycles. The van der Waals surface area contributed by atoms with Crippen LogP contribution in [0, 0.1) is 10.1 Å². The molecule has 0 saturated carbocycles. The van der Waals surface area contributed by atoms with Gasteiger partial charge in [-0.05, 0) is 13.3 Å². The first kappa shape index (κ1) is 12.0. The van der Waals surface area contributed by atoms with E-state index >= 15 is 0 Å². The number of rotatable bonds is 5. The van der Waals surface area contributed by atoms with Crippen LogP contribution >= 0.6 is 0 Å². The highest BCUT2D eigenvalue weighted by atomic mass is 16.6. The topological polar surface area (TPSA) is 85.4 Å². The van der Waals surface area contributed by atoms with Gasteiger partial charge >= 0.3 is 5.97 Å². The molecule has 0 spiro atoms. The number of hydrogen-bond acceptors (Lipinski definition) is 3. The molecule has 0 aliphatic rings. The summed E-state index contributed by atoms with van der Waals surface area (Å²) < 4.78 is 1.36. The molecule has 1 aromatic heterocycles. The zero-order valence-corrected chi connectivity index (χ0v) is 8.84. The standard InChI is InChI=1S/C10H12N2O4/c1-7(2)3-4-11-6-8(12(15)16)5-9(11)10(13)14/h5-6H,1,3-4H2,2H3,(H,13,14). The van der Waals surface area contributed by atoms with Crippen molar-refractivity contribution in [3.05, 3.63) is 40.2 Å². The first-order chi connectivity index (χ1) is 7.41. The van der Waals surface area contributed by atoms with Gasteiger partial charge in [0.05, 0.1) is 11.1 Å². The second kappa shape index (κ2) is 4.61. The zero-order valence-electron chi connectivity index (χ0n) is 8.84. The van der Waals surface area contributed by atoms with Gasteiger partial charge in [0.15, 0.2) is 0 Å². The van der Waals surface area contributed by atoms with E-state index in [4.69, 9.17) is 5.11 Å². The summed E-state index contributed by atoms with van der Waals surface area (Å²) in [7, 11) is 0. The monoisotopic (exact) mass is 224 g/mol. The van der Waals surface area contributed by atoms with Gasteiger partial charge in [-0.25, -0.2) is 4.79 Å². The molecule has 0 fully saturated rings. The van der Waals surface area contributed by atoms with Crippen LogP contribution in [0.5, 0.6) is 0 Å². The molecule has 0 aliphatic heterocycles. The SMILES string of the molecule is C=C(C)CCn1cc([N+](=O)[O-])cc1C(=O)O. The van der Waals surface area contributed by atoms with Gasteiger partial charge in [0, 0.05) is 12.6 Å². The first-order valence-electron chi connectivity index (χ1n) is 4.64. The molecule has 6 heteroatoms. The van der Waals surface area contributed by atoms with Crippen molar-refractivity contribution in [2.75, 3.05) is 0 Å². The van der Waals surface area contributed by atoms with E-state index in [2.05, 4.69) is 6.58 Å². The number of carbonyl (C=O) groups is 1. The molecule has 0 aliphatic carbocycles. The van der Waals surface area contributed by atoms with E-state index in [0.29, 0.717) is 13.0 Å². The lowest BCUT2D eigenvalue weighted by molar-refractivity contribution is -0.384. The van der Waals surface area contributed by atoms with Crippen LogP contribution in [0.1, 0.15) is 23.8 Å². The van der Waals surface area contributed by atoms with Crippen molar-refractivity contribution < 1.29 is 14.8 Å². The van der Waals surface area contributed by atoms with Crippen molar-refractivity contribution in [3.8, 4) is 0 Å². The zero-order chi connectivity index (χ0) is 12.3. The Balaban J connectivity index is 3.00. The van der Waals surface area contributed by atoms with Gasteiger partial charge in [0.2, 0.25) is 0 Å². The number of nitro groups is 1. The fraction of sp³-hybridized carbons (Fsp3) is 0.300. The lowest BCUT2D eigenvalue weighted by Gasteiger charge is -2.04. The minimum Gasteiger partial charge on any atom is -0.477 e. The molecular formula is C10H12N2O4. The molecule has 0 amide bonds. The molecule has 0 unspecified atom stereocenters. The van der Waals surface area contributed by atoms with Crippen LogP contribution in [0.15, 0.2) is 24.4 Å². The molecule has 0 atom stereocenters. The third-order valence-electron chi connectivity index (χ3n) is 2.09. The average molecular weight is 224 g/mol. The fourth-order valence-electron chi connectivity index (χ4n) is 1.27. The molecule has 1 aromatic rings. The van der Waals surface area contributed by atoms with Crippen LogP contribution in [-0.4, -0.2) is 20.6 Å². The number of aromatic carboxylic acids is 1. The number of aryl methyl sites for hydroxylation is 1. The van der Waals surface area contributed by atoms with Gasteiger partial charge < -0.3 is 9.67 Å². The van der Waals surface area contributed by atoms with E-state index in [-0.39, 0.29) is 11.4 Å². The van der Waals surface area contributed by atoms with Gasteiger partial charge in [-0.2, -0.15) is 0 Å². The van der Waals surface area contributed by atoms with Crippen molar-refractivity contribution >= 4 is 11.7 Å². The van der Waals surface area contributed by atoms with E-state index in [1.165, 1.54) is 10.8 Å². The summed E-state index contributed by atoms with van der Waals surface area (Å²) in [6.07, 6.45) is 1.82. The van der Waals surface area contributed by atoms with Crippen LogP contribution in [0.25, 0.3) is 0 Å². The molecule has 1 N–H and O–H groups in total. The third-order valence-corrected chi connectivity index (χ3v) is 2.09. The average Bonchev–Trinajstić information content (AvgIpc) is 2.58. The molecular weight excluding hydrogens is 212 g/mol. The second-order valence-electron chi connectivity index (χ2n) is 3.55. The summed E-state index contributed by atoms with van der Waals surface area (Å²) in [4.78, 5) is 20.7. The Morgan fingerprint density at radius 2 is 2.31 bits per heavy atom. The Labute approximate surface area is 92.0 Å². The summed E-state index contributed by atoms with van der Waals surface area (Å²) in [6, 6.07) is 1.06. The Morgan fingerprint density at radius 3 is 2.75 bits per heavy atom. The van der Waals surface area contributed by atoms with E-state index in [0.717, 1.165) is 11.6 Å². The Bertz CT molecular complexity index is 448. The number of aromatic nitrogens is 1. The van der Waals surface area contributed by atoms with Crippen molar-refractivity contribution in [1.29, 1.82) is 0 Å². The summed E-state index contributed by atoms with van der Waals surface area (Å²) >= 11 is 0. The number of carboxylic acid groups (broad SMARTS) is 1. The molecule has 86 valence electrons. The molecule has 6 nitrogen and oxygen atoms in total. The predicted octanol–water partition coefficient (Wildman–Crippen LogP) is 2.06. The van der Waals surface area contributed by atoms with E-state index < -0.39 is 10.9 Å². The normalized spacial score (nSPS) is 10.1. The van der Waals surface area contributed by atoms with Gasteiger partial charge in [-0.15, -0.1) is 6.58 Å². The highest BCUT2D eigenvalue weighted by Gasteiger charge is 2.18. The van der Waals surface area contributed by atoms with Gasteiger partial charge in [-0.1, -0.05) is 5.57 Å². The Kier molecular flexibility index (Phi) is 3.44. The van der Waals surface area contributed by atoms with Crippen molar-refractivity contribution in [2.45, 2.75) is 19.9 Å². The van der Waals surface area contributed by atoms with Gasteiger partial charge in [0.25, 0.3) is 5.69 Å². The lowest BCUT2D eigenvalue weighted by atomic mass is 10.2. The Hall–Kier alpha value is -2.11. The summed E-state index contributed by atoms with van der Waals surface area (Å²) in [5.74, 6) is -1.17. The maximum absolute atomic E-state index is 10.8. The highest BCUT2D eigenvalue weighted by Crippen LogP contribution is 2.17. The van der Waals surface area contributed by atoms with Crippen molar-refractivity contribution in [3.63, 3.8) is 0 Å². The second-order valence-corrected chi connectivity index (χ2v) is 3.55. The van der Waals surface area contributed by atoms with Gasteiger partial charge in [0.1, 0.15) is 5.69 Å². The van der Waals surface area contributed by atoms with E-state index in [9.17, 15) is 14.9 Å². The van der Waals surface area contributed by atoms with Crippen LogP contribution in [0.2, 0.25) is 0 Å². The lowest BCUT2D eigenvalue weighted by Crippen LogP contribution is -2.07. The van der Waals surface area contributed by atoms with Crippen LogP contribution < -0.4 is 0 Å². The molecule has 0 bridgehead atoms. The van der Waals surface area contributed by atoms with Gasteiger partial charge in [-0.3, -0.25) is 10.1 Å². The smallest absolute Gasteiger partial charge is 0.352 e. The molecule has 1 heterocycles. The Morgan fingerprint density at radius 1 is 1.69 bits per heavy atom. The third kappa shape index (κ3) is 2.69. The number of carboxylic acids is 1. The maximum atomic E-state index is 10.8. The molecule has 1 rings (SSSR count). The molecule has 16 heavy (non-hydrogen) atoms. The largest absolute Gasteiger partial charge is 0.477 e. The highest BCUT2D eigenvalue weighted by molar-refractivity contribution is 5.86. The summed E-state index contributed by atoms with van der Waals surface area (Å²) in [6.45, 7) is 5.89. The minimum atomic E-state index is -1.17. The minimum absolute atomic E-state index is 0.0760. The first-order valence-corrected chi connectivity index (χ1v) is 4.64.